The lowest BCUT2D eigenvalue weighted by molar-refractivity contribution is 0.0600. The van der Waals surface area contributed by atoms with Gasteiger partial charge in [0.05, 0.1) is 17.6 Å². The number of hydrogen-bond acceptors (Lipinski definition) is 5. The highest BCUT2D eigenvalue weighted by Gasteiger charge is 2.33. The molecule has 1 aliphatic rings. The van der Waals surface area contributed by atoms with Crippen LogP contribution in [0, 0.1) is 5.92 Å². The maximum Gasteiger partial charge on any atom is 0.337 e. The molecule has 2 rings (SSSR count). The van der Waals surface area contributed by atoms with Gasteiger partial charge in [0.1, 0.15) is 0 Å². The third kappa shape index (κ3) is 4.45. The Labute approximate surface area is 151 Å². The Bertz CT molecular complexity index is 669. The van der Waals surface area contributed by atoms with Crippen molar-refractivity contribution in [2.45, 2.75) is 11.3 Å². The molecule has 1 aromatic rings. The van der Waals surface area contributed by atoms with Gasteiger partial charge in [0.2, 0.25) is 10.0 Å². The topological polar surface area (TPSA) is 75.7 Å². The second kappa shape index (κ2) is 8.43. The Morgan fingerprint density at radius 3 is 2.74 bits per heavy atom. The molecule has 0 saturated carbocycles. The van der Waals surface area contributed by atoms with E-state index in [1.807, 2.05) is 7.05 Å². The number of rotatable bonds is 5. The van der Waals surface area contributed by atoms with Crippen molar-refractivity contribution in [3.8, 4) is 0 Å². The van der Waals surface area contributed by atoms with Crippen molar-refractivity contribution in [2.24, 2.45) is 5.92 Å². The standard InChI is InChI=1S/C14H19BrN2O4S.ClH/c1-16-8-10-5-6-17(9-10)22(19,20)13-4-3-11(7-12(13)15)14(18)21-2;/h3-4,7,10,16H,5-6,8-9H2,1-2H3;1H. The Kier molecular flexibility index (Phi) is 7.47. The first-order chi connectivity index (χ1) is 10.4. The van der Waals surface area contributed by atoms with Crippen LogP contribution in [-0.2, 0) is 14.8 Å². The van der Waals surface area contributed by atoms with Gasteiger partial charge in [-0.05, 0) is 60.1 Å². The van der Waals surface area contributed by atoms with Gasteiger partial charge in [0, 0.05) is 17.6 Å². The summed E-state index contributed by atoms with van der Waals surface area (Å²) in [6.07, 6.45) is 0.845. The number of methoxy groups -OCH3 is 1. The summed E-state index contributed by atoms with van der Waals surface area (Å²) in [7, 11) is -0.418. The number of hydrogen-bond donors (Lipinski definition) is 1. The van der Waals surface area contributed by atoms with Crippen LogP contribution in [0.15, 0.2) is 27.6 Å². The third-order valence-electron chi connectivity index (χ3n) is 3.71. The van der Waals surface area contributed by atoms with Crippen LogP contribution in [0.5, 0.6) is 0 Å². The fraction of sp³-hybridized carbons (Fsp3) is 0.500. The Morgan fingerprint density at radius 1 is 1.48 bits per heavy atom. The summed E-state index contributed by atoms with van der Waals surface area (Å²) in [5.74, 6) is -0.173. The Balaban J connectivity index is 0.00000264. The Morgan fingerprint density at radius 2 is 2.17 bits per heavy atom. The number of carbonyl (C=O) groups excluding carboxylic acids is 1. The van der Waals surface area contributed by atoms with E-state index in [-0.39, 0.29) is 17.3 Å². The minimum absolute atomic E-state index is 0. The lowest BCUT2D eigenvalue weighted by atomic mass is 10.1. The number of benzene rings is 1. The predicted molar refractivity (Wildman–Crippen MR) is 93.5 cm³/mol. The van der Waals surface area contributed by atoms with Gasteiger partial charge in [-0.15, -0.1) is 12.4 Å². The monoisotopic (exact) mass is 426 g/mol. The summed E-state index contributed by atoms with van der Waals surface area (Å²) in [4.78, 5) is 11.7. The fourth-order valence-corrected chi connectivity index (χ4v) is 5.13. The van der Waals surface area contributed by atoms with Crippen molar-refractivity contribution in [1.82, 2.24) is 9.62 Å². The number of nitrogens with one attached hydrogen (secondary N) is 1. The average Bonchev–Trinajstić information content (AvgIpc) is 2.96. The molecule has 0 amide bonds. The van der Waals surface area contributed by atoms with E-state index >= 15 is 0 Å². The van der Waals surface area contributed by atoms with Gasteiger partial charge < -0.3 is 10.1 Å². The molecule has 1 saturated heterocycles. The highest BCUT2D eigenvalue weighted by molar-refractivity contribution is 9.10. The number of esters is 1. The average molecular weight is 428 g/mol. The SMILES string of the molecule is CNCC1CCN(S(=O)(=O)c2ccc(C(=O)OC)cc2Br)C1.Cl. The van der Waals surface area contributed by atoms with Gasteiger partial charge in [0.25, 0.3) is 0 Å². The number of sulfonamides is 1. The van der Waals surface area contributed by atoms with Crippen molar-refractivity contribution in [3.05, 3.63) is 28.2 Å². The van der Waals surface area contributed by atoms with Crippen LogP contribution in [0.3, 0.4) is 0 Å². The van der Waals surface area contributed by atoms with E-state index in [1.54, 1.807) is 0 Å². The molecule has 1 aromatic carbocycles. The molecule has 23 heavy (non-hydrogen) atoms. The molecule has 0 aromatic heterocycles. The zero-order valence-electron chi connectivity index (χ0n) is 12.9. The first-order valence-corrected chi connectivity index (χ1v) is 9.16. The second-order valence-corrected chi connectivity index (χ2v) is 7.97. The van der Waals surface area contributed by atoms with Crippen LogP contribution in [0.1, 0.15) is 16.8 Å². The van der Waals surface area contributed by atoms with E-state index in [0.717, 1.165) is 13.0 Å². The van der Waals surface area contributed by atoms with Gasteiger partial charge in [-0.25, -0.2) is 13.2 Å². The zero-order valence-corrected chi connectivity index (χ0v) is 16.1. The molecule has 1 fully saturated rings. The van der Waals surface area contributed by atoms with E-state index in [9.17, 15) is 13.2 Å². The number of ether oxygens (including phenoxy) is 1. The summed E-state index contributed by atoms with van der Waals surface area (Å²) >= 11 is 3.25. The van der Waals surface area contributed by atoms with E-state index < -0.39 is 16.0 Å². The fourth-order valence-electron chi connectivity index (χ4n) is 2.56. The predicted octanol–water partition coefficient (Wildman–Crippen LogP) is 1.89. The van der Waals surface area contributed by atoms with Crippen molar-refractivity contribution < 1.29 is 17.9 Å². The van der Waals surface area contributed by atoms with E-state index in [2.05, 4.69) is 26.0 Å². The van der Waals surface area contributed by atoms with Crippen molar-refractivity contribution >= 4 is 44.3 Å². The molecule has 0 spiro atoms. The quantitative estimate of drug-likeness (QED) is 0.726. The lowest BCUT2D eigenvalue weighted by Crippen LogP contribution is -2.30. The normalized spacial score (nSPS) is 18.5. The summed E-state index contributed by atoms with van der Waals surface area (Å²) in [6, 6.07) is 4.38. The second-order valence-electron chi connectivity index (χ2n) is 5.21. The molecule has 0 aliphatic carbocycles. The number of nitrogens with zero attached hydrogens (tertiary/aromatic N) is 1. The van der Waals surface area contributed by atoms with Crippen molar-refractivity contribution in [3.63, 3.8) is 0 Å². The molecule has 1 N–H and O–H groups in total. The van der Waals surface area contributed by atoms with E-state index in [1.165, 1.54) is 29.6 Å². The molecule has 1 heterocycles. The molecular weight excluding hydrogens is 408 g/mol. The van der Waals surface area contributed by atoms with Crippen LogP contribution < -0.4 is 5.32 Å². The largest absolute Gasteiger partial charge is 0.465 e. The molecule has 6 nitrogen and oxygen atoms in total. The van der Waals surface area contributed by atoms with Gasteiger partial charge in [-0.3, -0.25) is 0 Å². The van der Waals surface area contributed by atoms with Crippen LogP contribution in [0.25, 0.3) is 0 Å². The van der Waals surface area contributed by atoms with Crippen molar-refractivity contribution in [2.75, 3.05) is 33.8 Å². The van der Waals surface area contributed by atoms with E-state index in [0.29, 0.717) is 29.0 Å². The van der Waals surface area contributed by atoms with Gasteiger partial charge >= 0.3 is 5.97 Å². The molecule has 1 aliphatic heterocycles. The van der Waals surface area contributed by atoms with Crippen LogP contribution in [0.2, 0.25) is 0 Å². The zero-order chi connectivity index (χ0) is 16.3. The van der Waals surface area contributed by atoms with Crippen LogP contribution in [0.4, 0.5) is 0 Å². The highest BCUT2D eigenvalue weighted by Crippen LogP contribution is 2.29. The molecule has 0 radical (unpaired) electrons. The first kappa shape index (κ1) is 20.4. The molecule has 130 valence electrons. The van der Waals surface area contributed by atoms with Crippen molar-refractivity contribution in [1.29, 1.82) is 0 Å². The molecule has 0 bridgehead atoms. The summed E-state index contributed by atoms with van der Waals surface area (Å²) in [5.41, 5.74) is 0.308. The number of carbonyl (C=O) groups is 1. The van der Waals surface area contributed by atoms with Gasteiger partial charge in [0.15, 0.2) is 0 Å². The minimum Gasteiger partial charge on any atom is -0.465 e. The number of halogens is 2. The van der Waals surface area contributed by atoms with Crippen LogP contribution >= 0.6 is 28.3 Å². The van der Waals surface area contributed by atoms with Gasteiger partial charge in [-0.2, -0.15) is 4.31 Å². The summed E-state index contributed by atoms with van der Waals surface area (Å²) in [5, 5.41) is 3.08. The van der Waals surface area contributed by atoms with Gasteiger partial charge in [-0.1, -0.05) is 0 Å². The minimum atomic E-state index is -3.56. The maximum atomic E-state index is 12.7. The molecule has 1 unspecified atom stereocenters. The third-order valence-corrected chi connectivity index (χ3v) is 6.55. The smallest absolute Gasteiger partial charge is 0.337 e. The molecule has 9 heteroatoms. The highest BCUT2D eigenvalue weighted by atomic mass is 79.9. The van der Waals surface area contributed by atoms with E-state index in [4.69, 9.17) is 0 Å². The Hall–Kier alpha value is -0.670. The summed E-state index contributed by atoms with van der Waals surface area (Å²) < 4.78 is 31.9. The van der Waals surface area contributed by atoms with Crippen LogP contribution in [-0.4, -0.2) is 52.5 Å². The molecular formula is C14H20BrClN2O4S. The maximum absolute atomic E-state index is 12.7. The lowest BCUT2D eigenvalue weighted by Gasteiger charge is -2.18. The first-order valence-electron chi connectivity index (χ1n) is 6.92. The molecule has 1 atom stereocenters. The summed E-state index contributed by atoms with van der Waals surface area (Å²) in [6.45, 7) is 1.82.